The number of amides is 2. The van der Waals surface area contributed by atoms with Gasteiger partial charge in [0.15, 0.2) is 6.61 Å². The van der Waals surface area contributed by atoms with Gasteiger partial charge in [0.2, 0.25) is 5.91 Å². The second-order valence-electron chi connectivity index (χ2n) is 7.03. The number of likely N-dealkylation sites (N-methyl/N-ethyl adjacent to an activating group) is 1. The molecule has 1 aromatic heterocycles. The number of benzene rings is 2. The molecule has 0 aliphatic carbocycles. The third kappa shape index (κ3) is 4.29. The van der Waals surface area contributed by atoms with Gasteiger partial charge in [0.05, 0.1) is 16.4 Å². The minimum atomic E-state index is -0.236. The summed E-state index contributed by atoms with van der Waals surface area (Å²) in [5.41, 5.74) is 3.08. The van der Waals surface area contributed by atoms with Gasteiger partial charge in [-0.1, -0.05) is 29.8 Å². The van der Waals surface area contributed by atoms with Crippen molar-refractivity contribution in [2.24, 2.45) is 0 Å². The Morgan fingerprint density at radius 1 is 1.23 bits per heavy atom. The van der Waals surface area contributed by atoms with E-state index in [-0.39, 0.29) is 25.0 Å². The number of nitrogens with zero attached hydrogens (tertiary/aromatic N) is 3. The highest BCUT2D eigenvalue weighted by Gasteiger charge is 2.29. The molecule has 6 nitrogen and oxygen atoms in total. The Morgan fingerprint density at radius 2 is 2.00 bits per heavy atom. The fourth-order valence-corrected chi connectivity index (χ4v) is 4.66. The molecule has 1 aliphatic rings. The zero-order chi connectivity index (χ0) is 22.0. The molecule has 0 saturated heterocycles. The topological polar surface area (TPSA) is 62.7 Å². The van der Waals surface area contributed by atoms with Crippen LogP contribution in [0.4, 0.5) is 5.69 Å². The molecule has 0 spiro atoms. The smallest absolute Gasteiger partial charge is 0.265 e. The maximum absolute atomic E-state index is 12.6. The molecule has 2 aromatic carbocycles. The van der Waals surface area contributed by atoms with E-state index in [1.165, 1.54) is 16.2 Å². The molecule has 0 radical (unpaired) electrons. The molecule has 0 atom stereocenters. The Kier molecular flexibility index (Phi) is 6.25. The Hall–Kier alpha value is -2.90. The Bertz CT molecular complexity index is 1130. The van der Waals surface area contributed by atoms with Crippen molar-refractivity contribution in [2.75, 3.05) is 31.1 Å². The number of halogens is 1. The molecule has 0 N–H and O–H groups in total. The summed E-state index contributed by atoms with van der Waals surface area (Å²) in [4.78, 5) is 33.2. The second kappa shape index (κ2) is 9.08. The van der Waals surface area contributed by atoms with Crippen molar-refractivity contribution in [3.63, 3.8) is 0 Å². The zero-order valence-corrected chi connectivity index (χ0v) is 18.9. The number of thiazole rings is 1. The predicted octanol–water partition coefficient (Wildman–Crippen LogP) is 4.72. The second-order valence-corrected chi connectivity index (χ2v) is 8.30. The molecular weight excluding hydrogens is 434 g/mol. The Morgan fingerprint density at radius 3 is 2.74 bits per heavy atom. The van der Waals surface area contributed by atoms with Gasteiger partial charge in [0, 0.05) is 29.6 Å². The lowest BCUT2D eigenvalue weighted by Crippen LogP contribution is -2.46. The Labute approximate surface area is 190 Å². The first-order chi connectivity index (χ1) is 15.0. The molecule has 2 amide bonds. The summed E-state index contributed by atoms with van der Waals surface area (Å²) >= 11 is 7.81. The summed E-state index contributed by atoms with van der Waals surface area (Å²) < 4.78 is 5.59. The van der Waals surface area contributed by atoms with Crippen LogP contribution in [0.15, 0.2) is 47.8 Å². The van der Waals surface area contributed by atoms with E-state index in [1.807, 2.05) is 61.7 Å². The molecule has 0 fully saturated rings. The van der Waals surface area contributed by atoms with E-state index in [1.54, 1.807) is 4.90 Å². The van der Waals surface area contributed by atoms with Crippen molar-refractivity contribution < 1.29 is 14.3 Å². The normalized spacial score (nSPS) is 13.0. The summed E-state index contributed by atoms with van der Waals surface area (Å²) in [6.07, 6.45) is 0. The quantitative estimate of drug-likeness (QED) is 0.539. The molecule has 2 heterocycles. The summed E-state index contributed by atoms with van der Waals surface area (Å²) in [5, 5.41) is 3.42. The molecule has 0 saturated carbocycles. The minimum Gasteiger partial charge on any atom is -0.482 e. The van der Waals surface area contributed by atoms with Crippen LogP contribution in [0, 0.1) is 0 Å². The van der Waals surface area contributed by atoms with E-state index in [0.717, 1.165) is 21.8 Å². The van der Waals surface area contributed by atoms with E-state index in [2.05, 4.69) is 0 Å². The van der Waals surface area contributed by atoms with Crippen LogP contribution in [0.5, 0.6) is 5.75 Å². The number of carbonyl (C=O) groups excluding carboxylic acids is 2. The van der Waals surface area contributed by atoms with Crippen LogP contribution in [0.3, 0.4) is 0 Å². The van der Waals surface area contributed by atoms with Crippen molar-refractivity contribution in [1.29, 1.82) is 0 Å². The van der Waals surface area contributed by atoms with Crippen molar-refractivity contribution >= 4 is 40.4 Å². The summed E-state index contributed by atoms with van der Waals surface area (Å²) in [6.45, 7) is 4.96. The number of anilines is 1. The van der Waals surface area contributed by atoms with Gasteiger partial charge in [-0.2, -0.15) is 0 Å². The van der Waals surface area contributed by atoms with Crippen LogP contribution in [0.25, 0.3) is 21.8 Å². The van der Waals surface area contributed by atoms with Crippen LogP contribution in [0.1, 0.15) is 13.8 Å². The van der Waals surface area contributed by atoms with Gasteiger partial charge in [-0.25, -0.2) is 4.98 Å². The molecule has 0 unspecified atom stereocenters. The minimum absolute atomic E-state index is 0.0116. The van der Waals surface area contributed by atoms with E-state index in [4.69, 9.17) is 21.3 Å². The largest absolute Gasteiger partial charge is 0.482 e. The van der Waals surface area contributed by atoms with Crippen molar-refractivity contribution in [3.8, 4) is 27.6 Å². The number of fused-ring (bicyclic) bond motifs is 1. The van der Waals surface area contributed by atoms with Gasteiger partial charge >= 0.3 is 0 Å². The monoisotopic (exact) mass is 455 g/mol. The average Bonchev–Trinajstić information content (AvgIpc) is 3.26. The molecular formula is C23H22ClN3O3S. The molecule has 1 aliphatic heterocycles. The van der Waals surface area contributed by atoms with Crippen molar-refractivity contribution in [3.05, 3.63) is 52.9 Å². The van der Waals surface area contributed by atoms with Gasteiger partial charge in [-0.05, 0) is 38.1 Å². The van der Waals surface area contributed by atoms with Crippen LogP contribution in [0.2, 0.25) is 5.02 Å². The molecule has 31 heavy (non-hydrogen) atoms. The maximum Gasteiger partial charge on any atom is 0.265 e. The van der Waals surface area contributed by atoms with Crippen LogP contribution >= 0.6 is 22.9 Å². The number of hydrogen-bond donors (Lipinski definition) is 0. The van der Waals surface area contributed by atoms with Gasteiger partial charge in [-0.3, -0.25) is 14.5 Å². The highest BCUT2D eigenvalue weighted by Crippen LogP contribution is 2.38. The molecule has 4 rings (SSSR count). The van der Waals surface area contributed by atoms with E-state index in [0.29, 0.717) is 29.5 Å². The lowest BCUT2D eigenvalue weighted by Gasteiger charge is -2.31. The highest BCUT2D eigenvalue weighted by atomic mass is 35.5. The van der Waals surface area contributed by atoms with Gasteiger partial charge in [-0.15, -0.1) is 11.3 Å². The number of carbonyl (C=O) groups is 2. The highest BCUT2D eigenvalue weighted by molar-refractivity contribution is 7.13. The third-order valence-electron chi connectivity index (χ3n) is 5.22. The third-order valence-corrected chi connectivity index (χ3v) is 6.42. The van der Waals surface area contributed by atoms with Crippen LogP contribution in [-0.4, -0.2) is 47.9 Å². The number of rotatable bonds is 6. The van der Waals surface area contributed by atoms with Gasteiger partial charge in [0.25, 0.3) is 5.91 Å². The van der Waals surface area contributed by atoms with E-state index in [9.17, 15) is 9.59 Å². The molecule has 3 aromatic rings. The first-order valence-corrected chi connectivity index (χ1v) is 11.3. The van der Waals surface area contributed by atoms with E-state index >= 15 is 0 Å². The standard InChI is InChI=1S/C23H22ClN3O3S/c1-3-26(4-2)21(28)12-27-19-11-15(9-10-20(19)30-13-22(27)29)18-14-31-23(25-18)16-7-5-6-8-17(16)24/h5-11,14H,3-4,12-13H2,1-2H3. The predicted molar refractivity (Wildman–Crippen MR) is 124 cm³/mol. The molecule has 160 valence electrons. The lowest BCUT2D eigenvalue weighted by atomic mass is 10.1. The molecule has 0 bridgehead atoms. The van der Waals surface area contributed by atoms with Crippen molar-refractivity contribution in [1.82, 2.24) is 9.88 Å². The number of ether oxygens (including phenoxy) is 1. The number of aromatic nitrogens is 1. The average molecular weight is 456 g/mol. The van der Waals surface area contributed by atoms with E-state index < -0.39 is 0 Å². The van der Waals surface area contributed by atoms with Crippen LogP contribution in [-0.2, 0) is 9.59 Å². The first-order valence-electron chi connectivity index (χ1n) is 10.1. The van der Waals surface area contributed by atoms with Crippen molar-refractivity contribution in [2.45, 2.75) is 13.8 Å². The lowest BCUT2D eigenvalue weighted by molar-refractivity contribution is -0.131. The van der Waals surface area contributed by atoms with Gasteiger partial charge < -0.3 is 9.64 Å². The fourth-order valence-electron chi connectivity index (χ4n) is 3.51. The SMILES string of the molecule is CCN(CC)C(=O)CN1C(=O)COc2ccc(-c3csc(-c4ccccc4Cl)n3)cc21. The summed E-state index contributed by atoms with van der Waals surface area (Å²) in [5.74, 6) is 0.253. The summed E-state index contributed by atoms with van der Waals surface area (Å²) in [7, 11) is 0. The first kappa shape index (κ1) is 21.3. The Balaban J connectivity index is 1.66. The molecule has 8 heteroatoms. The summed E-state index contributed by atoms with van der Waals surface area (Å²) in [6, 6.07) is 13.2. The maximum atomic E-state index is 12.6. The van der Waals surface area contributed by atoms with Crippen LogP contribution < -0.4 is 9.64 Å². The zero-order valence-electron chi connectivity index (χ0n) is 17.3. The fraction of sp³-hybridized carbons (Fsp3) is 0.261. The van der Waals surface area contributed by atoms with Gasteiger partial charge in [0.1, 0.15) is 17.3 Å². The number of hydrogen-bond acceptors (Lipinski definition) is 5.